The number of anilines is 1. The van der Waals surface area contributed by atoms with Crippen molar-refractivity contribution in [1.29, 1.82) is 0 Å². The Hall–Kier alpha value is -1.36. The molecular weight excluding hydrogens is 196 g/mol. The zero-order chi connectivity index (χ0) is 9.97. The Bertz CT molecular complexity index is 404. The molecule has 2 aromatic heterocycles. The number of hydrogen-bond donors (Lipinski definition) is 1. The monoisotopic (exact) mass is 208 g/mol. The van der Waals surface area contributed by atoms with Crippen LogP contribution in [0.25, 0.3) is 0 Å². The van der Waals surface area contributed by atoms with Gasteiger partial charge in [-0.25, -0.2) is 4.68 Å². The molecule has 4 nitrogen and oxygen atoms in total. The number of nitrogens with zero attached hydrogens (tertiary/aromatic N) is 3. The minimum Gasteiger partial charge on any atom is -0.381 e. The average Bonchev–Trinajstić information content (AvgIpc) is 2.77. The minimum absolute atomic E-state index is 0.524. The van der Waals surface area contributed by atoms with Crippen molar-refractivity contribution in [2.75, 3.05) is 5.73 Å². The Balaban J connectivity index is 2.02. The van der Waals surface area contributed by atoms with Gasteiger partial charge in [0.25, 0.3) is 0 Å². The molecule has 0 aliphatic rings. The largest absolute Gasteiger partial charge is 0.381 e. The maximum absolute atomic E-state index is 5.60. The molecule has 0 radical (unpaired) electrons. The van der Waals surface area contributed by atoms with Gasteiger partial charge in [0.1, 0.15) is 0 Å². The summed E-state index contributed by atoms with van der Waals surface area (Å²) in [7, 11) is 0. The first-order valence-electron chi connectivity index (χ1n) is 4.45. The van der Waals surface area contributed by atoms with E-state index >= 15 is 0 Å². The van der Waals surface area contributed by atoms with Gasteiger partial charge in [-0.2, -0.15) is 0 Å². The van der Waals surface area contributed by atoms with E-state index in [1.807, 2.05) is 11.6 Å². The van der Waals surface area contributed by atoms with Gasteiger partial charge >= 0.3 is 0 Å². The molecule has 2 rings (SSSR count). The molecule has 0 aliphatic carbocycles. The van der Waals surface area contributed by atoms with Crippen LogP contribution in [0.1, 0.15) is 10.6 Å². The van der Waals surface area contributed by atoms with Gasteiger partial charge in [-0.1, -0.05) is 11.3 Å². The molecule has 0 fully saturated rings. The molecule has 2 N–H and O–H groups in total. The van der Waals surface area contributed by atoms with Crippen LogP contribution in [0.5, 0.6) is 0 Å². The number of thiophene rings is 1. The van der Waals surface area contributed by atoms with Gasteiger partial charge in [0.05, 0.1) is 5.69 Å². The second kappa shape index (κ2) is 3.79. The summed E-state index contributed by atoms with van der Waals surface area (Å²) in [5.41, 5.74) is 6.54. The summed E-state index contributed by atoms with van der Waals surface area (Å²) in [6.45, 7) is 2.78. The highest BCUT2D eigenvalue weighted by atomic mass is 32.1. The van der Waals surface area contributed by atoms with Crippen molar-refractivity contribution < 1.29 is 0 Å². The SMILES string of the molecule is Cc1c(N)nnn1CCc1cccs1. The van der Waals surface area contributed by atoms with Crippen molar-refractivity contribution in [2.45, 2.75) is 19.9 Å². The number of aryl methyl sites for hydroxylation is 2. The van der Waals surface area contributed by atoms with Gasteiger partial charge in [-0.15, -0.1) is 16.4 Å². The van der Waals surface area contributed by atoms with E-state index in [0.717, 1.165) is 18.7 Å². The van der Waals surface area contributed by atoms with Crippen molar-refractivity contribution in [3.05, 3.63) is 28.1 Å². The lowest BCUT2D eigenvalue weighted by atomic mass is 10.3. The van der Waals surface area contributed by atoms with Crippen molar-refractivity contribution >= 4 is 17.2 Å². The standard InChI is InChI=1S/C9H12N4S/c1-7-9(10)11-12-13(7)5-4-8-3-2-6-14-8/h2-3,6H,4-5,10H2,1H3. The Morgan fingerprint density at radius 2 is 2.43 bits per heavy atom. The molecule has 5 heteroatoms. The summed E-state index contributed by atoms with van der Waals surface area (Å²) in [4.78, 5) is 1.36. The predicted octanol–water partition coefficient (Wildman–Crippen LogP) is 1.47. The normalized spacial score (nSPS) is 10.6. The molecule has 0 saturated heterocycles. The van der Waals surface area contributed by atoms with Gasteiger partial charge in [0.15, 0.2) is 5.82 Å². The molecule has 14 heavy (non-hydrogen) atoms. The molecule has 0 atom stereocenters. The lowest BCUT2D eigenvalue weighted by molar-refractivity contribution is 0.578. The summed E-state index contributed by atoms with van der Waals surface area (Å²) >= 11 is 1.76. The fourth-order valence-electron chi connectivity index (χ4n) is 1.26. The van der Waals surface area contributed by atoms with Crippen molar-refractivity contribution in [2.24, 2.45) is 0 Å². The van der Waals surface area contributed by atoms with E-state index in [4.69, 9.17) is 5.73 Å². The van der Waals surface area contributed by atoms with Gasteiger partial charge in [0.2, 0.25) is 0 Å². The molecule has 2 aromatic rings. The van der Waals surface area contributed by atoms with Crippen LogP contribution >= 0.6 is 11.3 Å². The minimum atomic E-state index is 0.524. The van der Waals surface area contributed by atoms with Crippen LogP contribution < -0.4 is 5.73 Å². The van der Waals surface area contributed by atoms with Crippen LogP contribution in [0.3, 0.4) is 0 Å². The first-order chi connectivity index (χ1) is 6.77. The zero-order valence-electron chi connectivity index (χ0n) is 7.97. The van der Waals surface area contributed by atoms with E-state index in [1.165, 1.54) is 4.88 Å². The summed E-state index contributed by atoms with van der Waals surface area (Å²) in [6.07, 6.45) is 0.987. The third kappa shape index (κ3) is 1.77. The van der Waals surface area contributed by atoms with Crippen LogP contribution in [0.2, 0.25) is 0 Å². The Kier molecular flexibility index (Phi) is 2.49. The highest BCUT2D eigenvalue weighted by Crippen LogP contribution is 2.11. The molecule has 2 heterocycles. The number of aromatic nitrogens is 3. The molecule has 0 unspecified atom stereocenters. The van der Waals surface area contributed by atoms with Crippen LogP contribution in [0, 0.1) is 6.92 Å². The van der Waals surface area contributed by atoms with E-state index in [1.54, 1.807) is 11.3 Å². The third-order valence-electron chi connectivity index (χ3n) is 2.17. The highest BCUT2D eigenvalue weighted by molar-refractivity contribution is 7.09. The van der Waals surface area contributed by atoms with Crippen LogP contribution in [-0.2, 0) is 13.0 Å². The molecule has 0 spiro atoms. The summed E-state index contributed by atoms with van der Waals surface area (Å²) in [5.74, 6) is 0.524. The van der Waals surface area contributed by atoms with E-state index in [0.29, 0.717) is 5.82 Å². The van der Waals surface area contributed by atoms with E-state index in [-0.39, 0.29) is 0 Å². The van der Waals surface area contributed by atoms with E-state index in [2.05, 4.69) is 27.8 Å². The summed E-state index contributed by atoms with van der Waals surface area (Å²) in [6, 6.07) is 4.18. The quantitative estimate of drug-likeness (QED) is 0.831. The predicted molar refractivity (Wildman–Crippen MR) is 57.2 cm³/mol. The topological polar surface area (TPSA) is 56.7 Å². The zero-order valence-corrected chi connectivity index (χ0v) is 8.79. The molecule has 0 saturated carbocycles. The molecule has 0 aliphatic heterocycles. The Labute approximate surface area is 86.4 Å². The molecule has 0 aromatic carbocycles. The average molecular weight is 208 g/mol. The first kappa shape index (κ1) is 9.21. The van der Waals surface area contributed by atoms with Gasteiger partial charge in [0, 0.05) is 17.8 Å². The number of rotatable bonds is 3. The van der Waals surface area contributed by atoms with E-state index < -0.39 is 0 Å². The van der Waals surface area contributed by atoms with E-state index in [9.17, 15) is 0 Å². The Morgan fingerprint density at radius 1 is 1.57 bits per heavy atom. The maximum Gasteiger partial charge on any atom is 0.168 e. The maximum atomic E-state index is 5.60. The lowest BCUT2D eigenvalue weighted by Gasteiger charge is -2.00. The Morgan fingerprint density at radius 3 is 3.00 bits per heavy atom. The highest BCUT2D eigenvalue weighted by Gasteiger charge is 2.04. The summed E-state index contributed by atoms with van der Waals surface area (Å²) < 4.78 is 1.84. The third-order valence-corrected chi connectivity index (χ3v) is 3.10. The van der Waals surface area contributed by atoms with Gasteiger partial charge in [-0.05, 0) is 18.4 Å². The van der Waals surface area contributed by atoms with Crippen molar-refractivity contribution in [1.82, 2.24) is 15.0 Å². The molecular formula is C9H12N4S. The van der Waals surface area contributed by atoms with Crippen molar-refractivity contribution in [3.63, 3.8) is 0 Å². The molecule has 0 bridgehead atoms. The van der Waals surface area contributed by atoms with Crippen LogP contribution in [0.15, 0.2) is 17.5 Å². The number of nitrogen functional groups attached to an aromatic ring is 1. The first-order valence-corrected chi connectivity index (χ1v) is 5.33. The molecule has 74 valence electrons. The van der Waals surface area contributed by atoms with Gasteiger partial charge < -0.3 is 5.73 Å². The summed E-state index contributed by atoms with van der Waals surface area (Å²) in [5, 5.41) is 9.85. The smallest absolute Gasteiger partial charge is 0.168 e. The van der Waals surface area contributed by atoms with Crippen LogP contribution in [0.4, 0.5) is 5.82 Å². The fourth-order valence-corrected chi connectivity index (χ4v) is 1.96. The number of nitrogens with two attached hydrogens (primary N) is 1. The number of hydrogen-bond acceptors (Lipinski definition) is 4. The fraction of sp³-hybridized carbons (Fsp3) is 0.333. The second-order valence-corrected chi connectivity index (χ2v) is 4.14. The van der Waals surface area contributed by atoms with Gasteiger partial charge in [-0.3, -0.25) is 0 Å². The van der Waals surface area contributed by atoms with Crippen molar-refractivity contribution in [3.8, 4) is 0 Å². The molecule has 0 amide bonds. The van der Waals surface area contributed by atoms with Crippen LogP contribution in [-0.4, -0.2) is 15.0 Å². The second-order valence-electron chi connectivity index (χ2n) is 3.11. The lowest BCUT2D eigenvalue weighted by Crippen LogP contribution is -2.04.